The summed E-state index contributed by atoms with van der Waals surface area (Å²) in [7, 11) is 0. The molecule has 3 rings (SSSR count). The molecular weight excluding hydrogens is 370 g/mol. The van der Waals surface area contributed by atoms with Crippen LogP contribution in [0.4, 0.5) is 0 Å². The van der Waals surface area contributed by atoms with E-state index in [0.29, 0.717) is 16.9 Å². The number of hydrogen-bond acceptors (Lipinski definition) is 5. The number of aryl methyl sites for hydroxylation is 1. The van der Waals surface area contributed by atoms with Gasteiger partial charge in [0.25, 0.3) is 0 Å². The summed E-state index contributed by atoms with van der Waals surface area (Å²) in [5.74, 6) is 1.38. The Kier molecular flexibility index (Phi) is 6.46. The molecule has 0 saturated carbocycles. The van der Waals surface area contributed by atoms with E-state index in [1.165, 1.54) is 11.8 Å². The van der Waals surface area contributed by atoms with Crippen LogP contribution < -0.4 is 5.32 Å². The highest BCUT2D eigenvalue weighted by atomic mass is 32.2. The Morgan fingerprint density at radius 3 is 2.61 bits per heavy atom. The lowest BCUT2D eigenvalue weighted by Gasteiger charge is -2.17. The van der Waals surface area contributed by atoms with Crippen molar-refractivity contribution in [3.05, 3.63) is 54.4 Å². The van der Waals surface area contributed by atoms with Gasteiger partial charge in [0, 0.05) is 24.0 Å². The van der Waals surface area contributed by atoms with Crippen LogP contribution in [0.5, 0.6) is 0 Å². The third-order valence-corrected chi connectivity index (χ3v) is 5.56. The maximum Gasteiger partial charge on any atom is 0.230 e. The van der Waals surface area contributed by atoms with Crippen LogP contribution in [0.1, 0.15) is 26.3 Å². The standard InChI is InChI=1S/C21H25N5OS/c1-14(2)16(4)23-19(27)13-28-21-25-24-20(17-9-7-11-22-12-17)26(21)18-10-6-5-8-15(18)3/h5-12,14,16H,13H2,1-4H3,(H,23,27)/t16-/m1/s1. The number of para-hydroxylation sites is 1. The van der Waals surface area contributed by atoms with Gasteiger partial charge in [-0.15, -0.1) is 10.2 Å². The van der Waals surface area contributed by atoms with E-state index in [1.54, 1.807) is 12.4 Å². The van der Waals surface area contributed by atoms with Crippen LogP contribution in [0.2, 0.25) is 0 Å². The lowest BCUT2D eigenvalue weighted by atomic mass is 10.1. The van der Waals surface area contributed by atoms with Gasteiger partial charge in [-0.2, -0.15) is 0 Å². The molecule has 0 unspecified atom stereocenters. The molecule has 0 spiro atoms. The average Bonchev–Trinajstić information content (AvgIpc) is 3.11. The SMILES string of the molecule is Cc1ccccc1-n1c(SCC(=O)N[C@H](C)C(C)C)nnc1-c1cccnc1. The Labute approximate surface area is 169 Å². The van der Waals surface area contributed by atoms with Gasteiger partial charge in [-0.1, -0.05) is 43.8 Å². The van der Waals surface area contributed by atoms with Gasteiger partial charge >= 0.3 is 0 Å². The maximum absolute atomic E-state index is 12.3. The van der Waals surface area contributed by atoms with Gasteiger partial charge in [0.15, 0.2) is 11.0 Å². The summed E-state index contributed by atoms with van der Waals surface area (Å²) in [6.45, 7) is 8.25. The van der Waals surface area contributed by atoms with Crippen molar-refractivity contribution in [2.24, 2.45) is 5.92 Å². The second kappa shape index (κ2) is 9.01. The van der Waals surface area contributed by atoms with Crippen LogP contribution in [0, 0.1) is 12.8 Å². The molecular formula is C21H25N5OS. The maximum atomic E-state index is 12.3. The summed E-state index contributed by atoms with van der Waals surface area (Å²) in [5.41, 5.74) is 2.97. The lowest BCUT2D eigenvalue weighted by Crippen LogP contribution is -2.37. The number of thioether (sulfide) groups is 1. The van der Waals surface area contributed by atoms with E-state index in [9.17, 15) is 4.79 Å². The molecule has 0 saturated heterocycles. The molecule has 0 bridgehead atoms. The number of nitrogens with one attached hydrogen (secondary N) is 1. The van der Waals surface area contributed by atoms with Crippen LogP contribution in [-0.2, 0) is 4.79 Å². The first-order valence-corrected chi connectivity index (χ1v) is 10.3. The van der Waals surface area contributed by atoms with Crippen molar-refractivity contribution in [2.45, 2.75) is 38.9 Å². The first kappa shape index (κ1) is 20.1. The van der Waals surface area contributed by atoms with E-state index in [0.717, 1.165) is 16.8 Å². The quantitative estimate of drug-likeness (QED) is 0.615. The van der Waals surface area contributed by atoms with E-state index < -0.39 is 0 Å². The Balaban J connectivity index is 1.91. The van der Waals surface area contributed by atoms with E-state index in [2.05, 4.69) is 34.3 Å². The number of rotatable bonds is 7. The number of nitrogens with zero attached hydrogens (tertiary/aromatic N) is 4. The molecule has 146 valence electrons. The van der Waals surface area contributed by atoms with Gasteiger partial charge in [-0.25, -0.2) is 0 Å². The number of carbonyl (C=O) groups is 1. The first-order chi connectivity index (χ1) is 13.5. The first-order valence-electron chi connectivity index (χ1n) is 9.31. The molecule has 6 nitrogen and oxygen atoms in total. The highest BCUT2D eigenvalue weighted by Gasteiger charge is 2.19. The molecule has 28 heavy (non-hydrogen) atoms. The summed E-state index contributed by atoms with van der Waals surface area (Å²) >= 11 is 1.38. The molecule has 1 N–H and O–H groups in total. The van der Waals surface area contributed by atoms with Crippen LogP contribution in [0.25, 0.3) is 17.1 Å². The van der Waals surface area contributed by atoms with Crippen LogP contribution in [-0.4, -0.2) is 37.5 Å². The van der Waals surface area contributed by atoms with Gasteiger partial charge in [0.05, 0.1) is 11.4 Å². The number of carbonyl (C=O) groups excluding carboxylic acids is 1. The summed E-state index contributed by atoms with van der Waals surface area (Å²) < 4.78 is 2.00. The molecule has 0 aliphatic rings. The summed E-state index contributed by atoms with van der Waals surface area (Å²) in [4.78, 5) is 16.5. The predicted octanol–water partition coefficient (Wildman–Crippen LogP) is 3.89. The third-order valence-electron chi connectivity index (χ3n) is 4.63. The fraction of sp³-hybridized carbons (Fsp3) is 0.333. The van der Waals surface area contributed by atoms with Crippen LogP contribution >= 0.6 is 11.8 Å². The van der Waals surface area contributed by atoms with Crippen molar-refractivity contribution >= 4 is 17.7 Å². The third kappa shape index (κ3) is 4.59. The molecule has 0 radical (unpaired) electrons. The van der Waals surface area contributed by atoms with Crippen molar-refractivity contribution in [1.29, 1.82) is 0 Å². The van der Waals surface area contributed by atoms with Crippen molar-refractivity contribution < 1.29 is 4.79 Å². The molecule has 3 aromatic rings. The van der Waals surface area contributed by atoms with E-state index in [1.807, 2.05) is 54.8 Å². The lowest BCUT2D eigenvalue weighted by molar-refractivity contribution is -0.119. The van der Waals surface area contributed by atoms with Gasteiger partial charge in [-0.3, -0.25) is 14.3 Å². The zero-order valence-corrected chi connectivity index (χ0v) is 17.4. The molecule has 2 aromatic heterocycles. The van der Waals surface area contributed by atoms with Gasteiger partial charge in [-0.05, 0) is 43.5 Å². The van der Waals surface area contributed by atoms with Crippen molar-refractivity contribution in [1.82, 2.24) is 25.1 Å². The Morgan fingerprint density at radius 2 is 1.93 bits per heavy atom. The van der Waals surface area contributed by atoms with Gasteiger partial charge in [0.2, 0.25) is 5.91 Å². The second-order valence-corrected chi connectivity index (χ2v) is 8.00. The summed E-state index contributed by atoms with van der Waals surface area (Å²) in [6.07, 6.45) is 3.50. The van der Waals surface area contributed by atoms with Crippen molar-refractivity contribution in [3.63, 3.8) is 0 Å². The normalized spacial score (nSPS) is 12.2. The van der Waals surface area contributed by atoms with Gasteiger partial charge < -0.3 is 5.32 Å². The van der Waals surface area contributed by atoms with Crippen LogP contribution in [0.15, 0.2) is 53.9 Å². The average molecular weight is 396 g/mol. The molecule has 0 aliphatic heterocycles. The highest BCUT2D eigenvalue weighted by molar-refractivity contribution is 7.99. The van der Waals surface area contributed by atoms with Crippen LogP contribution in [0.3, 0.4) is 0 Å². The Bertz CT molecular complexity index is 939. The molecule has 1 atom stereocenters. The molecule has 1 amide bonds. The fourth-order valence-corrected chi connectivity index (χ4v) is 3.43. The zero-order valence-electron chi connectivity index (χ0n) is 16.6. The van der Waals surface area contributed by atoms with E-state index in [-0.39, 0.29) is 17.7 Å². The number of benzene rings is 1. The summed E-state index contributed by atoms with van der Waals surface area (Å²) in [5, 5.41) is 12.5. The predicted molar refractivity (Wildman–Crippen MR) is 112 cm³/mol. The van der Waals surface area contributed by atoms with E-state index in [4.69, 9.17) is 0 Å². The van der Waals surface area contributed by atoms with E-state index >= 15 is 0 Å². The largest absolute Gasteiger partial charge is 0.353 e. The topological polar surface area (TPSA) is 72.7 Å². The van der Waals surface area contributed by atoms with Crippen molar-refractivity contribution in [2.75, 3.05) is 5.75 Å². The number of pyridine rings is 1. The second-order valence-electron chi connectivity index (χ2n) is 7.06. The highest BCUT2D eigenvalue weighted by Crippen LogP contribution is 2.29. The summed E-state index contributed by atoms with van der Waals surface area (Å²) in [6, 6.07) is 12.0. The number of amides is 1. The zero-order chi connectivity index (χ0) is 20.1. The fourth-order valence-electron chi connectivity index (χ4n) is 2.67. The molecule has 0 fully saturated rings. The molecule has 0 aliphatic carbocycles. The Hall–Kier alpha value is -2.67. The number of aromatic nitrogens is 4. The molecule has 2 heterocycles. The van der Waals surface area contributed by atoms with Crippen molar-refractivity contribution in [3.8, 4) is 17.1 Å². The minimum absolute atomic E-state index is 0.00605. The smallest absolute Gasteiger partial charge is 0.230 e. The van der Waals surface area contributed by atoms with Gasteiger partial charge in [0.1, 0.15) is 0 Å². The Morgan fingerprint density at radius 1 is 1.14 bits per heavy atom. The minimum atomic E-state index is -0.00605. The molecule has 1 aromatic carbocycles. The monoisotopic (exact) mass is 395 g/mol. The number of hydrogen-bond donors (Lipinski definition) is 1. The molecule has 7 heteroatoms. The minimum Gasteiger partial charge on any atom is -0.353 e.